The van der Waals surface area contributed by atoms with Gasteiger partial charge in [-0.25, -0.2) is 19.6 Å². The largest absolute Gasteiger partial charge is 0.383 e. The predicted molar refractivity (Wildman–Crippen MR) is 124 cm³/mol. The number of anilines is 2. The smallest absolute Gasteiger partial charge is 0.256 e. The Hall–Kier alpha value is -3.81. The van der Waals surface area contributed by atoms with Crippen molar-refractivity contribution < 1.29 is 4.79 Å². The Bertz CT molecular complexity index is 1270. The van der Waals surface area contributed by atoms with Crippen LogP contribution in [0, 0.1) is 6.92 Å². The first kappa shape index (κ1) is 20.1. The van der Waals surface area contributed by atoms with Crippen LogP contribution in [0.2, 0.25) is 0 Å². The Kier molecular flexibility index (Phi) is 5.26. The summed E-state index contributed by atoms with van der Waals surface area (Å²) >= 11 is 0. The molecule has 0 aliphatic heterocycles. The Morgan fingerprint density at radius 3 is 2.59 bits per heavy atom. The number of nitrogen functional groups attached to an aromatic ring is 1. The minimum atomic E-state index is -0.213. The van der Waals surface area contributed by atoms with Crippen LogP contribution in [-0.2, 0) is 0 Å². The minimum absolute atomic E-state index is 0.213. The molecular formula is C24H25N7O. The number of rotatable bonds is 4. The standard InChI is InChI=1S/C24H25N7O/c1-15-11-12-26-19(13-15)29-24(32)17-9-7-16(8-10-17)21-20-22(25)27-14-28-23(20)31(30-21)18-5-3-2-4-6-18/h7-14,18H,2-6H2,1H3,(H2,25,27,28)(H,26,29,32). The molecule has 3 N–H and O–H groups in total. The zero-order chi connectivity index (χ0) is 22.1. The van der Waals surface area contributed by atoms with Gasteiger partial charge in [-0.05, 0) is 49.6 Å². The van der Waals surface area contributed by atoms with E-state index >= 15 is 0 Å². The second-order valence-electron chi connectivity index (χ2n) is 8.29. The van der Waals surface area contributed by atoms with Gasteiger partial charge >= 0.3 is 0 Å². The van der Waals surface area contributed by atoms with Crippen molar-refractivity contribution >= 4 is 28.6 Å². The van der Waals surface area contributed by atoms with E-state index in [1.165, 1.54) is 25.6 Å². The van der Waals surface area contributed by atoms with Gasteiger partial charge in [0, 0.05) is 17.3 Å². The van der Waals surface area contributed by atoms with Crippen molar-refractivity contribution in [1.29, 1.82) is 0 Å². The van der Waals surface area contributed by atoms with Crippen LogP contribution in [0.5, 0.6) is 0 Å². The molecule has 1 aromatic carbocycles. The minimum Gasteiger partial charge on any atom is -0.383 e. The lowest BCUT2D eigenvalue weighted by Gasteiger charge is -2.22. The van der Waals surface area contributed by atoms with Gasteiger partial charge in [0.15, 0.2) is 5.65 Å². The quantitative estimate of drug-likeness (QED) is 0.495. The lowest BCUT2D eigenvalue weighted by molar-refractivity contribution is 0.102. The Labute approximate surface area is 185 Å². The predicted octanol–water partition coefficient (Wildman–Crippen LogP) is 4.54. The number of amides is 1. The van der Waals surface area contributed by atoms with Crippen molar-refractivity contribution in [3.8, 4) is 11.3 Å². The zero-order valence-corrected chi connectivity index (χ0v) is 18.0. The second-order valence-corrected chi connectivity index (χ2v) is 8.29. The normalized spacial score (nSPS) is 14.5. The number of benzene rings is 1. The Morgan fingerprint density at radius 1 is 1.06 bits per heavy atom. The van der Waals surface area contributed by atoms with E-state index in [2.05, 4.69) is 20.3 Å². The van der Waals surface area contributed by atoms with Crippen molar-refractivity contribution in [2.24, 2.45) is 0 Å². The third-order valence-electron chi connectivity index (χ3n) is 6.02. The first-order valence-electron chi connectivity index (χ1n) is 10.9. The highest BCUT2D eigenvalue weighted by molar-refractivity contribution is 6.04. The summed E-state index contributed by atoms with van der Waals surface area (Å²) in [6.07, 6.45) is 9.01. The van der Waals surface area contributed by atoms with E-state index in [1.54, 1.807) is 18.3 Å². The fourth-order valence-electron chi connectivity index (χ4n) is 4.35. The molecule has 1 aliphatic carbocycles. The number of carbonyl (C=O) groups excluding carboxylic acids is 1. The average molecular weight is 428 g/mol. The first-order valence-corrected chi connectivity index (χ1v) is 10.9. The molecule has 0 spiro atoms. The SMILES string of the molecule is Cc1ccnc(NC(=O)c2ccc(-c3nn(C4CCCCC4)c4ncnc(N)c34)cc2)c1. The number of pyridine rings is 1. The van der Waals surface area contributed by atoms with E-state index in [-0.39, 0.29) is 5.91 Å². The number of aromatic nitrogens is 5. The molecule has 5 rings (SSSR count). The van der Waals surface area contributed by atoms with Gasteiger partial charge in [-0.1, -0.05) is 31.4 Å². The van der Waals surface area contributed by atoms with Gasteiger partial charge in [-0.2, -0.15) is 5.10 Å². The molecule has 4 aromatic rings. The highest BCUT2D eigenvalue weighted by atomic mass is 16.1. The number of aryl methyl sites for hydroxylation is 1. The summed E-state index contributed by atoms with van der Waals surface area (Å²) in [5.41, 5.74) is 10.2. The van der Waals surface area contributed by atoms with E-state index in [9.17, 15) is 4.79 Å². The lowest BCUT2D eigenvalue weighted by Crippen LogP contribution is -2.14. The van der Waals surface area contributed by atoms with Crippen molar-refractivity contribution in [3.05, 3.63) is 60.0 Å². The maximum Gasteiger partial charge on any atom is 0.256 e. The van der Waals surface area contributed by atoms with Crippen LogP contribution in [0.25, 0.3) is 22.3 Å². The van der Waals surface area contributed by atoms with Gasteiger partial charge in [-0.3, -0.25) is 4.79 Å². The van der Waals surface area contributed by atoms with Gasteiger partial charge < -0.3 is 11.1 Å². The van der Waals surface area contributed by atoms with E-state index in [1.807, 2.05) is 35.9 Å². The fourth-order valence-corrected chi connectivity index (χ4v) is 4.35. The molecule has 0 atom stereocenters. The number of nitrogens with zero attached hydrogens (tertiary/aromatic N) is 5. The summed E-state index contributed by atoms with van der Waals surface area (Å²) in [6, 6.07) is 11.4. The summed E-state index contributed by atoms with van der Waals surface area (Å²) in [6.45, 7) is 1.96. The van der Waals surface area contributed by atoms with E-state index in [4.69, 9.17) is 10.8 Å². The van der Waals surface area contributed by atoms with Crippen LogP contribution in [0.4, 0.5) is 11.6 Å². The molecule has 32 heavy (non-hydrogen) atoms. The molecule has 1 aliphatic rings. The molecule has 0 radical (unpaired) electrons. The topological polar surface area (TPSA) is 112 Å². The number of hydrogen-bond donors (Lipinski definition) is 2. The van der Waals surface area contributed by atoms with Crippen LogP contribution < -0.4 is 11.1 Å². The number of fused-ring (bicyclic) bond motifs is 1. The summed E-state index contributed by atoms with van der Waals surface area (Å²) in [5.74, 6) is 0.732. The van der Waals surface area contributed by atoms with Gasteiger partial charge in [0.1, 0.15) is 23.7 Å². The van der Waals surface area contributed by atoms with Crippen LogP contribution in [0.3, 0.4) is 0 Å². The maximum absolute atomic E-state index is 12.6. The maximum atomic E-state index is 12.6. The molecule has 0 saturated heterocycles. The van der Waals surface area contributed by atoms with Crippen molar-refractivity contribution in [2.45, 2.75) is 45.1 Å². The van der Waals surface area contributed by atoms with Gasteiger partial charge in [0.05, 0.1) is 11.4 Å². The molecule has 1 fully saturated rings. The van der Waals surface area contributed by atoms with Gasteiger partial charge in [0.2, 0.25) is 0 Å². The van der Waals surface area contributed by atoms with Crippen molar-refractivity contribution in [3.63, 3.8) is 0 Å². The van der Waals surface area contributed by atoms with E-state index in [0.717, 1.165) is 40.7 Å². The Balaban J connectivity index is 1.47. The van der Waals surface area contributed by atoms with E-state index < -0.39 is 0 Å². The molecule has 3 heterocycles. The zero-order valence-electron chi connectivity index (χ0n) is 18.0. The lowest BCUT2D eigenvalue weighted by atomic mass is 9.96. The van der Waals surface area contributed by atoms with Gasteiger partial charge in [0.25, 0.3) is 5.91 Å². The third kappa shape index (κ3) is 3.79. The number of nitrogens with one attached hydrogen (secondary N) is 1. The molecule has 0 bridgehead atoms. The molecule has 1 saturated carbocycles. The molecule has 8 nitrogen and oxygen atoms in total. The summed E-state index contributed by atoms with van der Waals surface area (Å²) in [7, 11) is 0. The fraction of sp³-hybridized carbons (Fsp3) is 0.292. The van der Waals surface area contributed by atoms with E-state index in [0.29, 0.717) is 23.2 Å². The van der Waals surface area contributed by atoms with Gasteiger partial charge in [-0.15, -0.1) is 0 Å². The van der Waals surface area contributed by atoms with Crippen LogP contribution >= 0.6 is 0 Å². The monoisotopic (exact) mass is 427 g/mol. The molecular weight excluding hydrogens is 402 g/mol. The first-order chi connectivity index (χ1) is 15.6. The molecule has 8 heteroatoms. The summed E-state index contributed by atoms with van der Waals surface area (Å²) in [4.78, 5) is 25.5. The third-order valence-corrected chi connectivity index (χ3v) is 6.02. The van der Waals surface area contributed by atoms with Crippen LogP contribution in [0.1, 0.15) is 54.1 Å². The van der Waals surface area contributed by atoms with Crippen LogP contribution in [-0.4, -0.2) is 30.6 Å². The number of hydrogen-bond acceptors (Lipinski definition) is 6. The molecule has 1 amide bonds. The highest BCUT2D eigenvalue weighted by Crippen LogP contribution is 2.35. The van der Waals surface area contributed by atoms with Crippen LogP contribution in [0.15, 0.2) is 48.9 Å². The van der Waals surface area contributed by atoms with Crippen molar-refractivity contribution in [1.82, 2.24) is 24.7 Å². The molecule has 3 aromatic heterocycles. The molecule has 162 valence electrons. The number of carbonyl (C=O) groups is 1. The Morgan fingerprint density at radius 2 is 1.84 bits per heavy atom. The highest BCUT2D eigenvalue weighted by Gasteiger charge is 2.23. The summed E-state index contributed by atoms with van der Waals surface area (Å²) in [5, 5.41) is 8.52. The second kappa shape index (κ2) is 8.37. The summed E-state index contributed by atoms with van der Waals surface area (Å²) < 4.78 is 2.02. The molecule has 0 unspecified atom stereocenters. The van der Waals surface area contributed by atoms with Crippen molar-refractivity contribution in [2.75, 3.05) is 11.1 Å². The number of nitrogens with two attached hydrogens (primary N) is 1. The average Bonchev–Trinajstić information content (AvgIpc) is 3.21.